The molecule has 0 aliphatic heterocycles. The van der Waals surface area contributed by atoms with Crippen molar-refractivity contribution in [3.05, 3.63) is 59.4 Å². The van der Waals surface area contributed by atoms with E-state index in [0.717, 1.165) is 82.6 Å². The normalized spacial score (nSPS) is 11.3. The van der Waals surface area contributed by atoms with Crippen LogP contribution in [0.5, 0.6) is 17.2 Å². The highest BCUT2D eigenvalue weighted by molar-refractivity contribution is 6.12. The van der Waals surface area contributed by atoms with Gasteiger partial charge in [-0.15, -0.1) is 0 Å². The first-order valence-corrected chi connectivity index (χ1v) is 15.7. The first kappa shape index (κ1) is 33.3. The van der Waals surface area contributed by atoms with Crippen LogP contribution in [0.1, 0.15) is 121 Å². The van der Waals surface area contributed by atoms with E-state index >= 15 is 0 Å². The second-order valence-electron chi connectivity index (χ2n) is 10.2. The van der Waals surface area contributed by atoms with E-state index in [1.165, 1.54) is 0 Å². The highest BCUT2D eigenvalue weighted by Crippen LogP contribution is 2.42. The molecular weight excluding hydrogens is 500 g/mol. The Hall–Kier alpha value is -2.95. The average molecular weight is 553 g/mol. The summed E-state index contributed by atoms with van der Waals surface area (Å²) in [4.78, 5) is 14.1. The second-order valence-corrected chi connectivity index (χ2v) is 10.2. The number of hydrogen-bond acceptors (Lipinski definition) is 5. The van der Waals surface area contributed by atoms with Crippen LogP contribution < -0.4 is 14.2 Å². The van der Waals surface area contributed by atoms with Crippen molar-refractivity contribution in [2.24, 2.45) is 0 Å². The lowest BCUT2D eigenvalue weighted by molar-refractivity contribution is 0.0914. The van der Waals surface area contributed by atoms with Crippen molar-refractivity contribution < 1.29 is 23.7 Å². The maximum atomic E-state index is 14.1. The molecule has 5 heteroatoms. The molecule has 2 rings (SSSR count). The molecule has 0 aromatic heterocycles. The predicted octanol–water partition coefficient (Wildman–Crippen LogP) is 9.82. The smallest absolute Gasteiger partial charge is 0.231 e. The Morgan fingerprint density at radius 3 is 1.70 bits per heavy atom. The number of carbonyl (C=O) groups is 1. The summed E-state index contributed by atoms with van der Waals surface area (Å²) in [6, 6.07) is 13.5. The summed E-state index contributed by atoms with van der Waals surface area (Å²) in [5, 5.41) is 0. The number of allylic oxidation sites excluding steroid dienone is 1. The fourth-order valence-electron chi connectivity index (χ4n) is 4.24. The number of benzene rings is 2. The fraction of sp³-hybridized carbons (Fsp3) is 0.571. The number of ketones is 1. The minimum atomic E-state index is -0.207. The Bertz CT molecular complexity index is 983. The van der Waals surface area contributed by atoms with Crippen molar-refractivity contribution in [1.82, 2.24) is 0 Å². The Morgan fingerprint density at radius 1 is 0.600 bits per heavy atom. The SMILES string of the molecule is CCCCCOC(=Cc1ccccc1)C(=O)c1ccc(OCCCCC)c(OCCCCC)c1OCCCCC. The third-order valence-electron chi connectivity index (χ3n) is 6.64. The van der Waals surface area contributed by atoms with Crippen LogP contribution in [0.15, 0.2) is 48.2 Å². The van der Waals surface area contributed by atoms with Crippen molar-refractivity contribution in [3.63, 3.8) is 0 Å². The fourth-order valence-corrected chi connectivity index (χ4v) is 4.24. The summed E-state index contributed by atoms with van der Waals surface area (Å²) in [5.41, 5.74) is 1.36. The molecule has 0 amide bonds. The number of unbranched alkanes of at least 4 members (excludes halogenated alkanes) is 8. The first-order chi connectivity index (χ1) is 19.7. The molecule has 0 aliphatic carbocycles. The Balaban J connectivity index is 2.49. The lowest BCUT2D eigenvalue weighted by Gasteiger charge is -2.20. The van der Waals surface area contributed by atoms with Crippen LogP contribution in [-0.2, 0) is 4.74 Å². The molecule has 222 valence electrons. The van der Waals surface area contributed by atoms with Crippen molar-refractivity contribution >= 4 is 11.9 Å². The van der Waals surface area contributed by atoms with Crippen molar-refractivity contribution in [2.75, 3.05) is 26.4 Å². The molecule has 0 fully saturated rings. The zero-order valence-electron chi connectivity index (χ0n) is 25.5. The van der Waals surface area contributed by atoms with Gasteiger partial charge < -0.3 is 18.9 Å². The maximum absolute atomic E-state index is 14.1. The van der Waals surface area contributed by atoms with Crippen LogP contribution >= 0.6 is 0 Å². The maximum Gasteiger partial charge on any atom is 0.231 e. The molecule has 0 aliphatic rings. The van der Waals surface area contributed by atoms with E-state index in [0.29, 0.717) is 55.0 Å². The summed E-state index contributed by atoms with van der Waals surface area (Å²) in [5.74, 6) is 1.73. The van der Waals surface area contributed by atoms with Crippen LogP contribution in [-0.4, -0.2) is 32.2 Å². The molecule has 5 nitrogen and oxygen atoms in total. The molecule has 0 atom stereocenters. The van der Waals surface area contributed by atoms with Crippen molar-refractivity contribution in [1.29, 1.82) is 0 Å². The van der Waals surface area contributed by atoms with E-state index in [1.54, 1.807) is 6.07 Å². The lowest BCUT2D eigenvalue weighted by atomic mass is 10.0. The first-order valence-electron chi connectivity index (χ1n) is 15.7. The molecule has 0 radical (unpaired) electrons. The quantitative estimate of drug-likeness (QED) is 0.0594. The molecule has 0 saturated carbocycles. The number of hydrogen-bond donors (Lipinski definition) is 0. The van der Waals surface area contributed by atoms with Gasteiger partial charge in [0.15, 0.2) is 17.3 Å². The predicted molar refractivity (Wildman–Crippen MR) is 166 cm³/mol. The summed E-state index contributed by atoms with van der Waals surface area (Å²) < 4.78 is 25.0. The van der Waals surface area contributed by atoms with E-state index in [2.05, 4.69) is 27.7 Å². The largest absolute Gasteiger partial charge is 0.490 e. The van der Waals surface area contributed by atoms with Crippen LogP contribution in [0.25, 0.3) is 6.08 Å². The Morgan fingerprint density at radius 2 is 1.12 bits per heavy atom. The van der Waals surface area contributed by atoms with Gasteiger partial charge in [0.2, 0.25) is 11.5 Å². The van der Waals surface area contributed by atoms with Gasteiger partial charge in [0.25, 0.3) is 0 Å². The summed E-state index contributed by atoms with van der Waals surface area (Å²) in [7, 11) is 0. The van der Waals surface area contributed by atoms with E-state index in [1.807, 2.05) is 42.5 Å². The number of rotatable bonds is 23. The molecular formula is C35H52O5. The van der Waals surface area contributed by atoms with Crippen molar-refractivity contribution in [3.8, 4) is 17.2 Å². The molecule has 0 saturated heterocycles. The molecule has 0 N–H and O–H groups in total. The molecule has 0 heterocycles. The zero-order chi connectivity index (χ0) is 28.8. The lowest BCUT2D eigenvalue weighted by Crippen LogP contribution is -2.13. The van der Waals surface area contributed by atoms with Crippen molar-refractivity contribution in [2.45, 2.75) is 105 Å². The van der Waals surface area contributed by atoms with Gasteiger partial charge >= 0.3 is 0 Å². The van der Waals surface area contributed by atoms with E-state index in [4.69, 9.17) is 18.9 Å². The summed E-state index contributed by atoms with van der Waals surface area (Å²) in [6.45, 7) is 10.8. The third-order valence-corrected chi connectivity index (χ3v) is 6.64. The van der Waals surface area contributed by atoms with E-state index < -0.39 is 0 Å². The minimum Gasteiger partial charge on any atom is -0.490 e. The standard InChI is InChI=1S/C35H52O5/c1-5-9-16-24-37-31-23-22-30(34(39-26-18-11-7-3)35(31)40-27-19-12-8-4)33(36)32(38-25-17-10-6-2)28-29-20-14-13-15-21-29/h13-15,20-23,28H,5-12,16-19,24-27H2,1-4H3. The zero-order valence-corrected chi connectivity index (χ0v) is 25.5. The summed E-state index contributed by atoms with van der Waals surface area (Å²) in [6.07, 6.45) is 14.2. The van der Waals surface area contributed by atoms with Gasteiger partial charge in [-0.1, -0.05) is 109 Å². The second kappa shape index (κ2) is 20.9. The average Bonchev–Trinajstić information content (AvgIpc) is 2.98. The van der Waals surface area contributed by atoms with Crippen LogP contribution in [0, 0.1) is 0 Å². The molecule has 40 heavy (non-hydrogen) atoms. The van der Waals surface area contributed by atoms with Gasteiger partial charge in [-0.2, -0.15) is 0 Å². The minimum absolute atomic E-state index is 0.207. The molecule has 0 unspecified atom stereocenters. The molecule has 0 bridgehead atoms. The number of Topliss-reactive ketones (excluding diaryl/α,β-unsaturated/α-hetero) is 1. The molecule has 2 aromatic carbocycles. The van der Waals surface area contributed by atoms with Gasteiger partial charge in [0.05, 0.1) is 32.0 Å². The third kappa shape index (κ3) is 12.1. The Kier molecular flexibility index (Phi) is 17.4. The highest BCUT2D eigenvalue weighted by Gasteiger charge is 2.25. The number of ether oxygens (including phenoxy) is 4. The molecule has 0 spiro atoms. The summed E-state index contributed by atoms with van der Waals surface area (Å²) >= 11 is 0. The van der Waals surface area contributed by atoms with Gasteiger partial charge in [-0.25, -0.2) is 0 Å². The van der Waals surface area contributed by atoms with Gasteiger partial charge in [-0.05, 0) is 49.5 Å². The van der Waals surface area contributed by atoms with Crippen LogP contribution in [0.4, 0.5) is 0 Å². The van der Waals surface area contributed by atoms with Crippen LogP contribution in [0.3, 0.4) is 0 Å². The number of carbonyl (C=O) groups excluding carboxylic acids is 1. The van der Waals surface area contributed by atoms with Gasteiger partial charge in [-0.3, -0.25) is 4.79 Å². The van der Waals surface area contributed by atoms with E-state index in [-0.39, 0.29) is 5.78 Å². The van der Waals surface area contributed by atoms with Crippen LogP contribution in [0.2, 0.25) is 0 Å². The topological polar surface area (TPSA) is 54.0 Å². The molecule has 2 aromatic rings. The highest BCUT2D eigenvalue weighted by atomic mass is 16.5. The van der Waals surface area contributed by atoms with Gasteiger partial charge in [0.1, 0.15) is 0 Å². The van der Waals surface area contributed by atoms with Gasteiger partial charge in [0, 0.05) is 0 Å². The monoisotopic (exact) mass is 552 g/mol. The van der Waals surface area contributed by atoms with E-state index in [9.17, 15) is 4.79 Å². The Labute approximate surface area is 243 Å².